The van der Waals surface area contributed by atoms with Gasteiger partial charge in [0.05, 0.1) is 18.4 Å². The van der Waals surface area contributed by atoms with Crippen LogP contribution in [0.25, 0.3) is 16.9 Å². The van der Waals surface area contributed by atoms with E-state index in [1.165, 1.54) is 0 Å². The van der Waals surface area contributed by atoms with Crippen LogP contribution in [0.4, 0.5) is 0 Å². The number of carbonyl (C=O) groups excluding carboxylic acids is 1. The monoisotopic (exact) mass is 414 g/mol. The summed E-state index contributed by atoms with van der Waals surface area (Å²) in [5.74, 6) is 0.630. The zero-order chi connectivity index (χ0) is 19.8. The molecule has 7 heteroatoms. The Morgan fingerprint density at radius 2 is 1.76 bits per heavy atom. The third-order valence-corrected chi connectivity index (χ3v) is 4.36. The third kappa shape index (κ3) is 5.82. The van der Waals surface area contributed by atoms with Crippen LogP contribution in [0.3, 0.4) is 0 Å². The van der Waals surface area contributed by atoms with Gasteiger partial charge in [-0.15, -0.1) is 12.4 Å². The highest BCUT2D eigenvalue weighted by Gasteiger charge is 2.18. The van der Waals surface area contributed by atoms with Crippen molar-refractivity contribution in [3.8, 4) is 22.7 Å². The molecule has 29 heavy (non-hydrogen) atoms. The lowest BCUT2D eigenvalue weighted by atomic mass is 10.1. The number of carbonyl (C=O) groups is 1. The van der Waals surface area contributed by atoms with E-state index in [9.17, 15) is 4.79 Å². The number of hydrogen-bond acceptors (Lipinski definition) is 4. The summed E-state index contributed by atoms with van der Waals surface area (Å²) in [7, 11) is 1.63. The fourth-order valence-corrected chi connectivity index (χ4v) is 2.88. The third-order valence-electron chi connectivity index (χ3n) is 4.36. The summed E-state index contributed by atoms with van der Waals surface area (Å²) in [4.78, 5) is 12.8. The van der Waals surface area contributed by atoms with E-state index in [1.807, 2.05) is 54.6 Å². The summed E-state index contributed by atoms with van der Waals surface area (Å²) in [6.45, 7) is 4.37. The number of amides is 1. The Kier molecular flexibility index (Phi) is 8.70. The average Bonchev–Trinajstić information content (AvgIpc) is 3.20. The minimum absolute atomic E-state index is 0. The number of methoxy groups -OCH3 is 1. The maximum atomic E-state index is 12.8. The predicted molar refractivity (Wildman–Crippen MR) is 118 cm³/mol. The average molecular weight is 415 g/mol. The molecule has 0 unspecified atom stereocenters. The van der Waals surface area contributed by atoms with Crippen LogP contribution < -0.4 is 15.4 Å². The van der Waals surface area contributed by atoms with Gasteiger partial charge in [-0.3, -0.25) is 4.79 Å². The molecule has 0 fully saturated rings. The molecule has 154 valence electrons. The molecule has 0 spiro atoms. The number of halogens is 1. The number of rotatable bonds is 9. The summed E-state index contributed by atoms with van der Waals surface area (Å²) in [6.07, 6.45) is 2.85. The first-order valence-electron chi connectivity index (χ1n) is 9.51. The van der Waals surface area contributed by atoms with Crippen LogP contribution >= 0.6 is 12.4 Å². The van der Waals surface area contributed by atoms with Gasteiger partial charge in [0.15, 0.2) is 0 Å². The molecule has 1 amide bonds. The fourth-order valence-electron chi connectivity index (χ4n) is 2.88. The lowest BCUT2D eigenvalue weighted by Gasteiger charge is -2.07. The van der Waals surface area contributed by atoms with E-state index >= 15 is 0 Å². The van der Waals surface area contributed by atoms with Gasteiger partial charge in [-0.05, 0) is 49.4 Å². The molecule has 3 aromatic rings. The van der Waals surface area contributed by atoms with Crippen LogP contribution in [-0.4, -0.2) is 42.4 Å². The first-order chi connectivity index (χ1) is 13.7. The summed E-state index contributed by atoms with van der Waals surface area (Å²) >= 11 is 0. The fraction of sp³-hybridized carbons (Fsp3) is 0.273. The molecule has 0 atom stereocenters. The molecular weight excluding hydrogens is 388 g/mol. The van der Waals surface area contributed by atoms with Crippen molar-refractivity contribution in [3.05, 3.63) is 66.4 Å². The SMILES string of the molecule is CCCNCCNC(=O)c1cn(-c2ccccc2)nc1-c1ccc(OC)cc1.Cl. The lowest BCUT2D eigenvalue weighted by molar-refractivity contribution is 0.0954. The molecule has 0 saturated carbocycles. The van der Waals surface area contributed by atoms with Crippen molar-refractivity contribution in [2.45, 2.75) is 13.3 Å². The molecule has 0 aliphatic heterocycles. The Labute approximate surface area is 177 Å². The van der Waals surface area contributed by atoms with E-state index in [2.05, 4.69) is 22.7 Å². The Hall–Kier alpha value is -2.83. The highest BCUT2D eigenvalue weighted by molar-refractivity contribution is 6.00. The highest BCUT2D eigenvalue weighted by atomic mass is 35.5. The second-order valence-corrected chi connectivity index (χ2v) is 6.41. The second-order valence-electron chi connectivity index (χ2n) is 6.41. The summed E-state index contributed by atoms with van der Waals surface area (Å²) < 4.78 is 6.97. The summed E-state index contributed by atoms with van der Waals surface area (Å²) in [6, 6.07) is 17.3. The maximum Gasteiger partial charge on any atom is 0.255 e. The molecule has 2 N–H and O–H groups in total. The molecule has 2 aromatic carbocycles. The van der Waals surface area contributed by atoms with Gasteiger partial charge >= 0.3 is 0 Å². The van der Waals surface area contributed by atoms with E-state index in [0.29, 0.717) is 17.8 Å². The van der Waals surface area contributed by atoms with E-state index < -0.39 is 0 Å². The molecule has 0 bridgehead atoms. The standard InChI is InChI=1S/C22H26N4O2.ClH/c1-3-13-23-14-15-24-22(27)20-16-26(18-7-5-4-6-8-18)25-21(20)17-9-11-19(28-2)12-10-17;/h4-12,16,23H,3,13-15H2,1-2H3,(H,24,27);1H. The summed E-state index contributed by atoms with van der Waals surface area (Å²) in [5.41, 5.74) is 2.96. The van der Waals surface area contributed by atoms with Crippen LogP contribution in [0, 0.1) is 0 Å². The van der Waals surface area contributed by atoms with Crippen LogP contribution in [0.1, 0.15) is 23.7 Å². The molecule has 0 aliphatic rings. The van der Waals surface area contributed by atoms with Gasteiger partial charge in [-0.1, -0.05) is 25.1 Å². The van der Waals surface area contributed by atoms with E-state index in [4.69, 9.17) is 4.74 Å². The summed E-state index contributed by atoms with van der Waals surface area (Å²) in [5, 5.41) is 10.9. The normalized spacial score (nSPS) is 10.3. The number of nitrogens with one attached hydrogen (secondary N) is 2. The number of nitrogens with zero attached hydrogens (tertiary/aromatic N) is 2. The van der Waals surface area contributed by atoms with Gasteiger partial charge < -0.3 is 15.4 Å². The Bertz CT molecular complexity index is 895. The van der Waals surface area contributed by atoms with Crippen molar-refractivity contribution >= 4 is 18.3 Å². The lowest BCUT2D eigenvalue weighted by Crippen LogP contribution is -2.32. The van der Waals surface area contributed by atoms with E-state index in [-0.39, 0.29) is 18.3 Å². The molecule has 0 saturated heterocycles. The number of ether oxygens (including phenoxy) is 1. The van der Waals surface area contributed by atoms with Crippen LogP contribution in [0.15, 0.2) is 60.8 Å². The molecule has 0 radical (unpaired) electrons. The number of hydrogen-bond donors (Lipinski definition) is 2. The number of benzene rings is 2. The van der Waals surface area contributed by atoms with Crippen molar-refractivity contribution < 1.29 is 9.53 Å². The Morgan fingerprint density at radius 1 is 1.03 bits per heavy atom. The van der Waals surface area contributed by atoms with E-state index in [0.717, 1.165) is 36.5 Å². The van der Waals surface area contributed by atoms with Gasteiger partial charge in [0.1, 0.15) is 11.4 Å². The molecule has 6 nitrogen and oxygen atoms in total. The minimum atomic E-state index is -0.133. The first-order valence-corrected chi connectivity index (χ1v) is 9.51. The molecule has 1 heterocycles. The topological polar surface area (TPSA) is 68.2 Å². The number of aromatic nitrogens is 2. The molecule has 3 rings (SSSR count). The van der Waals surface area contributed by atoms with Crippen LogP contribution in [0.2, 0.25) is 0 Å². The zero-order valence-corrected chi connectivity index (χ0v) is 17.5. The van der Waals surface area contributed by atoms with Crippen molar-refractivity contribution in [3.63, 3.8) is 0 Å². The van der Waals surface area contributed by atoms with Crippen molar-refractivity contribution in [2.24, 2.45) is 0 Å². The van der Waals surface area contributed by atoms with Gasteiger partial charge in [0, 0.05) is 24.8 Å². The predicted octanol–water partition coefficient (Wildman–Crippen LogP) is 3.70. The van der Waals surface area contributed by atoms with Crippen molar-refractivity contribution in [1.29, 1.82) is 0 Å². The molecular formula is C22H27ClN4O2. The smallest absolute Gasteiger partial charge is 0.255 e. The van der Waals surface area contributed by atoms with Gasteiger partial charge in [0.25, 0.3) is 5.91 Å². The zero-order valence-electron chi connectivity index (χ0n) is 16.7. The van der Waals surface area contributed by atoms with Crippen LogP contribution in [-0.2, 0) is 0 Å². The van der Waals surface area contributed by atoms with Crippen LogP contribution in [0.5, 0.6) is 5.75 Å². The maximum absolute atomic E-state index is 12.8. The highest BCUT2D eigenvalue weighted by Crippen LogP contribution is 2.25. The first kappa shape index (κ1) is 22.5. The number of para-hydroxylation sites is 1. The quantitative estimate of drug-likeness (QED) is 0.524. The molecule has 0 aliphatic carbocycles. The van der Waals surface area contributed by atoms with Gasteiger partial charge in [-0.2, -0.15) is 5.10 Å². The Balaban J connectivity index is 0.00000300. The second kappa shape index (κ2) is 11.2. The minimum Gasteiger partial charge on any atom is -0.497 e. The largest absolute Gasteiger partial charge is 0.497 e. The van der Waals surface area contributed by atoms with E-state index in [1.54, 1.807) is 18.0 Å². The van der Waals surface area contributed by atoms with Crippen molar-refractivity contribution in [1.82, 2.24) is 20.4 Å². The Morgan fingerprint density at radius 3 is 2.41 bits per heavy atom. The molecule has 1 aromatic heterocycles. The van der Waals surface area contributed by atoms with Gasteiger partial charge in [0.2, 0.25) is 0 Å². The van der Waals surface area contributed by atoms with Crippen molar-refractivity contribution in [2.75, 3.05) is 26.7 Å². The van der Waals surface area contributed by atoms with Gasteiger partial charge in [-0.25, -0.2) is 4.68 Å².